The van der Waals surface area contributed by atoms with Crippen LogP contribution in [0.15, 0.2) is 0 Å². The molecule has 0 aromatic rings. The van der Waals surface area contributed by atoms with Crippen molar-refractivity contribution in [3.05, 3.63) is 0 Å². The van der Waals surface area contributed by atoms with Gasteiger partial charge in [-0.15, -0.1) is 0 Å². The maximum Gasteiger partial charge on any atom is 0.474 e. The number of phosphoric ester groups is 1. The van der Waals surface area contributed by atoms with E-state index in [1.807, 2.05) is 13.8 Å². The summed E-state index contributed by atoms with van der Waals surface area (Å²) >= 11 is 0. The first kappa shape index (κ1) is 22.0. The summed E-state index contributed by atoms with van der Waals surface area (Å²) in [4.78, 5) is 1.64. The summed E-state index contributed by atoms with van der Waals surface area (Å²) in [6.07, 6.45) is -0.336. The normalized spacial score (nSPS) is 15.8. The Hall–Kier alpha value is 0.0149. The molecule has 0 saturated heterocycles. The van der Waals surface area contributed by atoms with E-state index in [1.54, 1.807) is 18.7 Å². The van der Waals surface area contributed by atoms with Gasteiger partial charge in [0, 0.05) is 26.9 Å². The fraction of sp³-hybridized carbons (Fsp3) is 1.00. The van der Waals surface area contributed by atoms with E-state index < -0.39 is 14.9 Å². The molecule has 0 radical (unpaired) electrons. The highest BCUT2D eigenvalue weighted by Crippen LogP contribution is 2.48. The lowest BCUT2D eigenvalue weighted by atomic mass is 9.86. The van der Waals surface area contributed by atoms with Crippen LogP contribution >= 0.6 is 7.82 Å². The fourth-order valence-electron chi connectivity index (χ4n) is 1.43. The number of ether oxygens (including phenoxy) is 2. The van der Waals surface area contributed by atoms with Gasteiger partial charge in [0.05, 0.1) is 19.8 Å². The van der Waals surface area contributed by atoms with Gasteiger partial charge in [-0.25, -0.2) is 4.57 Å². The van der Waals surface area contributed by atoms with E-state index in [0.717, 1.165) is 0 Å². The number of nitrogens with zero attached hydrogens (tertiary/aromatic N) is 1. The van der Waals surface area contributed by atoms with Gasteiger partial charge in [-0.05, 0) is 27.7 Å². The van der Waals surface area contributed by atoms with Crippen molar-refractivity contribution in [2.75, 3.05) is 53.7 Å². The van der Waals surface area contributed by atoms with Crippen LogP contribution < -0.4 is 0 Å². The highest BCUT2D eigenvalue weighted by Gasteiger charge is 2.27. The van der Waals surface area contributed by atoms with Crippen LogP contribution in [-0.4, -0.2) is 76.7 Å². The molecule has 0 amide bonds. The third-order valence-electron chi connectivity index (χ3n) is 2.88. The molecule has 22 heavy (non-hydrogen) atoms. The Bertz CT molecular complexity index is 322. The number of phosphoric acid groups is 1. The first-order chi connectivity index (χ1) is 10.4. The molecule has 0 saturated carbocycles. The molecule has 2 atom stereocenters. The predicted molar refractivity (Wildman–Crippen MR) is 84.9 cm³/mol. The zero-order valence-electron chi connectivity index (χ0n) is 14.2. The van der Waals surface area contributed by atoms with Crippen molar-refractivity contribution in [3.63, 3.8) is 0 Å². The van der Waals surface area contributed by atoms with E-state index in [9.17, 15) is 9.59 Å². The Morgan fingerprint density at radius 2 is 1.91 bits per heavy atom. The van der Waals surface area contributed by atoms with Crippen LogP contribution in [0.4, 0.5) is 0 Å². The van der Waals surface area contributed by atoms with Crippen LogP contribution in [0.3, 0.4) is 0 Å². The third kappa shape index (κ3) is 9.92. The largest absolute Gasteiger partial charge is 0.474 e. The number of rotatable bonds is 14. The molecule has 0 aliphatic carbocycles. The van der Waals surface area contributed by atoms with Crippen molar-refractivity contribution >= 4 is 14.9 Å². The molecule has 8 nitrogen and oxygen atoms in total. The maximum atomic E-state index is 12.3. The monoisotopic (exact) mass is 341 g/mol. The average molecular weight is 341 g/mol. The number of hydrogen-bond donors (Lipinski definition) is 1. The molecule has 0 bridgehead atoms. The van der Waals surface area contributed by atoms with Crippen LogP contribution in [0.25, 0.3) is 0 Å². The van der Waals surface area contributed by atoms with E-state index >= 15 is 0 Å². The summed E-state index contributed by atoms with van der Waals surface area (Å²) in [6, 6.07) is 0. The Kier molecular flexibility index (Phi) is 12.4. The van der Waals surface area contributed by atoms with Gasteiger partial charge in [0.1, 0.15) is 6.10 Å². The lowest BCUT2D eigenvalue weighted by Gasteiger charge is -2.22. The SMILES string of the molecule is CCOCC(COP(=O)(OC)OCCN(C)B(C)O)OCC. The molecule has 10 heteroatoms. The predicted octanol–water partition coefficient (Wildman–Crippen LogP) is 1.26. The first-order valence-corrected chi connectivity index (χ1v) is 8.87. The van der Waals surface area contributed by atoms with Crippen molar-refractivity contribution in [2.45, 2.75) is 26.8 Å². The molecular weight excluding hydrogens is 312 g/mol. The van der Waals surface area contributed by atoms with Crippen LogP contribution in [0.5, 0.6) is 0 Å². The molecule has 0 rings (SSSR count). The minimum absolute atomic E-state index is 0.0468. The van der Waals surface area contributed by atoms with Crippen molar-refractivity contribution in [1.82, 2.24) is 4.81 Å². The Morgan fingerprint density at radius 1 is 1.23 bits per heavy atom. The van der Waals surface area contributed by atoms with Crippen molar-refractivity contribution < 1.29 is 32.6 Å². The van der Waals surface area contributed by atoms with Gasteiger partial charge in [0.15, 0.2) is 0 Å². The smallest absolute Gasteiger partial charge is 0.437 e. The van der Waals surface area contributed by atoms with E-state index in [0.29, 0.717) is 26.4 Å². The maximum absolute atomic E-state index is 12.3. The van der Waals surface area contributed by atoms with E-state index in [2.05, 4.69) is 0 Å². The Balaban J connectivity index is 4.26. The molecule has 132 valence electrons. The quantitative estimate of drug-likeness (QED) is 0.373. The minimum atomic E-state index is -3.64. The molecule has 2 unspecified atom stereocenters. The fourth-order valence-corrected chi connectivity index (χ4v) is 2.37. The number of likely N-dealkylation sites (N-methyl/N-ethyl adjacent to an activating group) is 1. The van der Waals surface area contributed by atoms with Crippen molar-refractivity contribution in [2.24, 2.45) is 0 Å². The molecule has 0 aliphatic heterocycles. The second kappa shape index (κ2) is 12.4. The van der Waals surface area contributed by atoms with E-state index in [1.165, 1.54) is 7.11 Å². The molecule has 0 fully saturated rings. The van der Waals surface area contributed by atoms with Crippen LogP contribution in [0.1, 0.15) is 13.8 Å². The lowest BCUT2D eigenvalue weighted by Crippen LogP contribution is -2.35. The van der Waals surface area contributed by atoms with E-state index in [-0.39, 0.29) is 19.3 Å². The average Bonchev–Trinajstić information content (AvgIpc) is 2.49. The summed E-state index contributed by atoms with van der Waals surface area (Å²) in [6.45, 7) is 7.32. The zero-order valence-corrected chi connectivity index (χ0v) is 15.1. The Morgan fingerprint density at radius 3 is 2.41 bits per heavy atom. The van der Waals surface area contributed by atoms with E-state index in [4.69, 9.17) is 23.0 Å². The van der Waals surface area contributed by atoms with Gasteiger partial charge in [0.2, 0.25) is 0 Å². The molecule has 1 N–H and O–H groups in total. The van der Waals surface area contributed by atoms with Gasteiger partial charge in [-0.3, -0.25) is 13.6 Å². The summed E-state index contributed by atoms with van der Waals surface area (Å²) in [5, 5.41) is 9.33. The van der Waals surface area contributed by atoms with Gasteiger partial charge in [0.25, 0.3) is 0 Å². The van der Waals surface area contributed by atoms with Gasteiger partial charge < -0.3 is 19.3 Å². The molecular formula is C12H29BNO7P. The van der Waals surface area contributed by atoms with Gasteiger partial charge in [-0.2, -0.15) is 0 Å². The standard InChI is InChI=1S/C12H29BNO7P/c1-6-18-10-12(19-7-2)11-21-22(16,17-5)20-9-8-14(4)13(3)15/h12,15H,6-11H2,1-5H3. The molecule has 0 heterocycles. The second-order valence-corrected chi connectivity index (χ2v) is 6.38. The second-order valence-electron chi connectivity index (χ2n) is 4.61. The zero-order chi connectivity index (χ0) is 17.0. The minimum Gasteiger partial charge on any atom is -0.437 e. The highest BCUT2D eigenvalue weighted by atomic mass is 31.2. The van der Waals surface area contributed by atoms with Crippen LogP contribution in [-0.2, 0) is 27.6 Å². The molecule has 0 aromatic carbocycles. The Labute approximate surface area is 133 Å². The van der Waals surface area contributed by atoms with Crippen molar-refractivity contribution in [3.8, 4) is 0 Å². The van der Waals surface area contributed by atoms with Crippen LogP contribution in [0.2, 0.25) is 6.82 Å². The summed E-state index contributed by atoms with van der Waals surface area (Å²) < 4.78 is 38.3. The molecule has 0 spiro atoms. The number of hydrogen-bond acceptors (Lipinski definition) is 8. The summed E-state index contributed by atoms with van der Waals surface area (Å²) in [5.74, 6) is 0. The summed E-state index contributed by atoms with van der Waals surface area (Å²) in [5.41, 5.74) is 0. The summed E-state index contributed by atoms with van der Waals surface area (Å²) in [7, 11) is -1.27. The van der Waals surface area contributed by atoms with Gasteiger partial charge >= 0.3 is 14.9 Å². The van der Waals surface area contributed by atoms with Crippen molar-refractivity contribution in [1.29, 1.82) is 0 Å². The lowest BCUT2D eigenvalue weighted by molar-refractivity contribution is -0.0374. The van der Waals surface area contributed by atoms with Crippen LogP contribution in [0, 0.1) is 0 Å². The topological polar surface area (TPSA) is 86.7 Å². The first-order valence-electron chi connectivity index (χ1n) is 7.41. The highest BCUT2D eigenvalue weighted by molar-refractivity contribution is 7.48. The third-order valence-corrected chi connectivity index (χ3v) is 4.29. The molecule has 0 aromatic heterocycles. The molecule has 0 aliphatic rings. The van der Waals surface area contributed by atoms with Gasteiger partial charge in [-0.1, -0.05) is 0 Å².